The standard InChI is InChI=1S/C20H25N3O5/c24-17(7-8-23-18(25)14-4-1-2-5-15(14)19(23)26)21-9-11-22(12-10-21)20(27)16-6-3-13-28-16/h3,6,13-15H,1-2,4-5,7-12H2. The fourth-order valence-electron chi connectivity index (χ4n) is 4.53. The predicted octanol–water partition coefficient (Wildman–Crippen LogP) is 1.13. The summed E-state index contributed by atoms with van der Waals surface area (Å²) in [4.78, 5) is 54.5. The van der Waals surface area contributed by atoms with E-state index in [4.69, 9.17) is 4.42 Å². The van der Waals surface area contributed by atoms with Gasteiger partial charge in [-0.1, -0.05) is 12.8 Å². The van der Waals surface area contributed by atoms with Crippen LogP contribution in [-0.4, -0.2) is 71.1 Å². The molecule has 150 valence electrons. The first-order chi connectivity index (χ1) is 13.6. The molecule has 8 nitrogen and oxygen atoms in total. The Kier molecular flexibility index (Phi) is 5.19. The molecule has 0 radical (unpaired) electrons. The van der Waals surface area contributed by atoms with E-state index in [-0.39, 0.29) is 48.4 Å². The molecular weight excluding hydrogens is 362 g/mol. The van der Waals surface area contributed by atoms with Crippen molar-refractivity contribution in [3.63, 3.8) is 0 Å². The fourth-order valence-corrected chi connectivity index (χ4v) is 4.53. The normalized spacial score (nSPS) is 25.2. The van der Waals surface area contributed by atoms with Crippen LogP contribution < -0.4 is 0 Å². The predicted molar refractivity (Wildman–Crippen MR) is 98.0 cm³/mol. The summed E-state index contributed by atoms with van der Waals surface area (Å²) >= 11 is 0. The average Bonchev–Trinajstić information content (AvgIpc) is 3.35. The number of hydrogen-bond acceptors (Lipinski definition) is 5. The van der Waals surface area contributed by atoms with Crippen LogP contribution in [0.15, 0.2) is 22.8 Å². The molecule has 0 spiro atoms. The third kappa shape index (κ3) is 3.43. The molecule has 3 fully saturated rings. The minimum absolute atomic E-state index is 0.0828. The van der Waals surface area contributed by atoms with Gasteiger partial charge in [0, 0.05) is 39.1 Å². The molecule has 3 aliphatic rings. The number of amides is 4. The lowest BCUT2D eigenvalue weighted by Crippen LogP contribution is -2.51. The van der Waals surface area contributed by atoms with E-state index >= 15 is 0 Å². The van der Waals surface area contributed by atoms with E-state index in [1.165, 1.54) is 11.2 Å². The molecule has 2 unspecified atom stereocenters. The fraction of sp³-hybridized carbons (Fsp3) is 0.600. The second-order valence-corrected chi connectivity index (χ2v) is 7.73. The van der Waals surface area contributed by atoms with E-state index in [9.17, 15) is 19.2 Å². The molecule has 8 heteroatoms. The summed E-state index contributed by atoms with van der Waals surface area (Å²) < 4.78 is 5.14. The number of nitrogens with zero attached hydrogens (tertiary/aromatic N) is 3. The SMILES string of the molecule is O=C(CCN1C(=O)C2CCCCC2C1=O)N1CCN(C(=O)c2ccco2)CC1. The summed E-state index contributed by atoms with van der Waals surface area (Å²) in [5, 5.41) is 0. The number of fused-ring (bicyclic) bond motifs is 1. The van der Waals surface area contributed by atoms with Crippen LogP contribution in [0.25, 0.3) is 0 Å². The Bertz CT molecular complexity index is 743. The number of likely N-dealkylation sites (tertiary alicyclic amines) is 1. The molecule has 0 aromatic carbocycles. The highest BCUT2D eigenvalue weighted by atomic mass is 16.3. The van der Waals surface area contributed by atoms with Gasteiger partial charge in [0.1, 0.15) is 0 Å². The van der Waals surface area contributed by atoms with Crippen molar-refractivity contribution in [2.75, 3.05) is 32.7 Å². The van der Waals surface area contributed by atoms with Crippen LogP contribution in [0.4, 0.5) is 0 Å². The van der Waals surface area contributed by atoms with Crippen LogP contribution in [0, 0.1) is 11.8 Å². The largest absolute Gasteiger partial charge is 0.459 e. The van der Waals surface area contributed by atoms with Crippen molar-refractivity contribution in [1.29, 1.82) is 0 Å². The van der Waals surface area contributed by atoms with Crippen LogP contribution >= 0.6 is 0 Å². The molecule has 1 aromatic rings. The van der Waals surface area contributed by atoms with E-state index in [2.05, 4.69) is 0 Å². The zero-order valence-corrected chi connectivity index (χ0v) is 15.8. The Morgan fingerprint density at radius 1 is 0.964 bits per heavy atom. The van der Waals surface area contributed by atoms with Gasteiger partial charge in [-0.2, -0.15) is 0 Å². The van der Waals surface area contributed by atoms with Crippen LogP contribution in [0.1, 0.15) is 42.7 Å². The van der Waals surface area contributed by atoms with E-state index in [1.54, 1.807) is 21.9 Å². The van der Waals surface area contributed by atoms with Crippen molar-refractivity contribution in [3.8, 4) is 0 Å². The smallest absolute Gasteiger partial charge is 0.289 e. The van der Waals surface area contributed by atoms with E-state index in [0.29, 0.717) is 31.9 Å². The Balaban J connectivity index is 1.26. The Morgan fingerprint density at radius 2 is 1.57 bits per heavy atom. The first kappa shape index (κ1) is 18.7. The maximum atomic E-state index is 12.5. The quantitative estimate of drug-likeness (QED) is 0.723. The van der Waals surface area contributed by atoms with Crippen molar-refractivity contribution < 1.29 is 23.6 Å². The van der Waals surface area contributed by atoms with E-state index < -0.39 is 0 Å². The van der Waals surface area contributed by atoms with Gasteiger partial charge in [0.2, 0.25) is 17.7 Å². The summed E-state index contributed by atoms with van der Waals surface area (Å²) in [6, 6.07) is 3.30. The summed E-state index contributed by atoms with van der Waals surface area (Å²) in [7, 11) is 0. The third-order valence-electron chi connectivity index (χ3n) is 6.13. The molecule has 2 saturated heterocycles. The summed E-state index contributed by atoms with van der Waals surface area (Å²) in [6.45, 7) is 1.93. The molecule has 0 bridgehead atoms. The van der Waals surface area contributed by atoms with Gasteiger partial charge in [-0.3, -0.25) is 24.1 Å². The zero-order chi connectivity index (χ0) is 19.7. The summed E-state index contributed by atoms with van der Waals surface area (Å²) in [6.07, 6.45) is 5.16. The van der Waals surface area contributed by atoms with Gasteiger partial charge >= 0.3 is 0 Å². The molecule has 4 amide bonds. The minimum atomic E-state index is -0.174. The van der Waals surface area contributed by atoms with Crippen LogP contribution in [0.3, 0.4) is 0 Å². The first-order valence-corrected chi connectivity index (χ1v) is 10.0. The number of rotatable bonds is 4. The number of piperazine rings is 1. The maximum Gasteiger partial charge on any atom is 0.289 e. The van der Waals surface area contributed by atoms with Gasteiger partial charge in [-0.15, -0.1) is 0 Å². The third-order valence-corrected chi connectivity index (χ3v) is 6.13. The number of imide groups is 1. The van der Waals surface area contributed by atoms with Crippen molar-refractivity contribution in [1.82, 2.24) is 14.7 Å². The first-order valence-electron chi connectivity index (χ1n) is 10.0. The molecule has 28 heavy (non-hydrogen) atoms. The maximum absolute atomic E-state index is 12.5. The monoisotopic (exact) mass is 387 g/mol. The molecular formula is C20H25N3O5. The molecule has 2 aliphatic heterocycles. The highest BCUT2D eigenvalue weighted by Gasteiger charge is 2.47. The Hall–Kier alpha value is -2.64. The molecule has 1 aliphatic carbocycles. The second kappa shape index (κ2) is 7.77. The molecule has 0 N–H and O–H groups in total. The van der Waals surface area contributed by atoms with E-state index in [0.717, 1.165) is 25.7 Å². The Labute approximate surface area is 163 Å². The number of carbonyl (C=O) groups is 4. The van der Waals surface area contributed by atoms with Gasteiger partial charge in [0.25, 0.3) is 5.91 Å². The van der Waals surface area contributed by atoms with E-state index in [1.807, 2.05) is 0 Å². The molecule has 4 rings (SSSR count). The van der Waals surface area contributed by atoms with Crippen molar-refractivity contribution >= 4 is 23.6 Å². The zero-order valence-electron chi connectivity index (χ0n) is 15.8. The van der Waals surface area contributed by atoms with Crippen molar-refractivity contribution in [2.24, 2.45) is 11.8 Å². The number of hydrogen-bond donors (Lipinski definition) is 0. The molecule has 1 saturated carbocycles. The highest BCUT2D eigenvalue weighted by molar-refractivity contribution is 6.05. The Morgan fingerprint density at radius 3 is 2.14 bits per heavy atom. The molecule has 2 atom stereocenters. The lowest BCUT2D eigenvalue weighted by Gasteiger charge is -2.34. The number of carbonyl (C=O) groups excluding carboxylic acids is 4. The van der Waals surface area contributed by atoms with Crippen LogP contribution in [-0.2, 0) is 14.4 Å². The van der Waals surface area contributed by atoms with Gasteiger partial charge < -0.3 is 14.2 Å². The minimum Gasteiger partial charge on any atom is -0.459 e. The van der Waals surface area contributed by atoms with Gasteiger partial charge in [-0.25, -0.2) is 0 Å². The van der Waals surface area contributed by atoms with Gasteiger partial charge in [-0.05, 0) is 25.0 Å². The second-order valence-electron chi connectivity index (χ2n) is 7.73. The summed E-state index contributed by atoms with van der Waals surface area (Å²) in [5.74, 6) is -0.506. The topological polar surface area (TPSA) is 91.1 Å². The van der Waals surface area contributed by atoms with Crippen molar-refractivity contribution in [2.45, 2.75) is 32.1 Å². The van der Waals surface area contributed by atoms with Crippen molar-refractivity contribution in [3.05, 3.63) is 24.2 Å². The molecule has 3 heterocycles. The lowest BCUT2D eigenvalue weighted by molar-refractivity contribution is -0.141. The average molecular weight is 387 g/mol. The van der Waals surface area contributed by atoms with Crippen LogP contribution in [0.2, 0.25) is 0 Å². The van der Waals surface area contributed by atoms with Crippen LogP contribution in [0.5, 0.6) is 0 Å². The number of furan rings is 1. The highest BCUT2D eigenvalue weighted by Crippen LogP contribution is 2.38. The lowest BCUT2D eigenvalue weighted by atomic mass is 9.81. The summed E-state index contributed by atoms with van der Waals surface area (Å²) in [5.41, 5.74) is 0. The molecule has 1 aromatic heterocycles. The van der Waals surface area contributed by atoms with Gasteiger partial charge in [0.15, 0.2) is 5.76 Å². The van der Waals surface area contributed by atoms with Gasteiger partial charge in [0.05, 0.1) is 18.1 Å².